The number of nitrogens with two attached hydrogens (primary N) is 1. The zero-order chi connectivity index (χ0) is 10.6. The van der Waals surface area contributed by atoms with Crippen molar-refractivity contribution in [2.45, 2.75) is 6.92 Å². The molecular weight excluding hydrogens is 184 g/mol. The molecule has 0 aromatic rings. The first-order valence-corrected chi connectivity index (χ1v) is 4.79. The van der Waals surface area contributed by atoms with Crippen molar-refractivity contribution in [2.24, 2.45) is 5.73 Å². The number of hydroxylamine groups is 1. The summed E-state index contributed by atoms with van der Waals surface area (Å²) in [5, 5.41) is 6.31. The first-order valence-electron chi connectivity index (χ1n) is 4.79. The van der Waals surface area contributed by atoms with Crippen molar-refractivity contribution in [3.63, 3.8) is 0 Å². The number of rotatable bonds is 9. The first-order chi connectivity index (χ1) is 6.77. The molecule has 0 heterocycles. The van der Waals surface area contributed by atoms with Crippen molar-refractivity contribution in [2.75, 3.05) is 39.3 Å². The highest BCUT2D eigenvalue weighted by molar-refractivity contribution is 5.65. The molecule has 0 rings (SSSR count). The fourth-order valence-electron chi connectivity index (χ4n) is 0.821. The molecule has 84 valence electrons. The molecule has 6 heteroatoms. The number of carbonyl (C=O) groups excluding carboxylic acids is 1. The Morgan fingerprint density at radius 3 is 2.29 bits per heavy atom. The minimum Gasteiger partial charge on any atom is -0.371 e. The summed E-state index contributed by atoms with van der Waals surface area (Å²) in [6, 6.07) is 0. The second kappa shape index (κ2) is 10.4. The molecule has 0 saturated heterocycles. The lowest BCUT2D eigenvalue weighted by Crippen LogP contribution is -2.34. The van der Waals surface area contributed by atoms with E-state index in [0.717, 1.165) is 26.2 Å². The molecule has 0 radical (unpaired) electrons. The van der Waals surface area contributed by atoms with Crippen molar-refractivity contribution in [3.8, 4) is 0 Å². The molecule has 0 bridgehead atoms. The van der Waals surface area contributed by atoms with Crippen LogP contribution in [-0.2, 0) is 9.63 Å². The Labute approximate surface area is 84.5 Å². The predicted octanol–water partition coefficient (Wildman–Crippen LogP) is -1.81. The van der Waals surface area contributed by atoms with Crippen molar-refractivity contribution >= 4 is 5.97 Å². The van der Waals surface area contributed by atoms with Crippen molar-refractivity contribution < 1.29 is 9.63 Å². The standard InChI is InChI=1S/C8H20N4O2/c1-8(13)14-12-7-6-11-5-4-10-3-2-9/h10-12H,2-7,9H2,1H3. The van der Waals surface area contributed by atoms with Gasteiger partial charge in [-0.15, -0.1) is 0 Å². The van der Waals surface area contributed by atoms with Crippen LogP contribution in [0.4, 0.5) is 0 Å². The van der Waals surface area contributed by atoms with Crippen LogP contribution in [0.2, 0.25) is 0 Å². The second-order valence-electron chi connectivity index (χ2n) is 2.78. The van der Waals surface area contributed by atoms with Gasteiger partial charge in [0.15, 0.2) is 0 Å². The maximum Gasteiger partial charge on any atom is 0.321 e. The average molecular weight is 204 g/mol. The van der Waals surface area contributed by atoms with Crippen LogP contribution in [0.3, 0.4) is 0 Å². The zero-order valence-electron chi connectivity index (χ0n) is 8.64. The Balaban J connectivity index is 2.88. The minimum atomic E-state index is -0.324. The summed E-state index contributed by atoms with van der Waals surface area (Å²) in [6.07, 6.45) is 0. The highest BCUT2D eigenvalue weighted by Gasteiger charge is 1.91. The molecule has 0 amide bonds. The maximum absolute atomic E-state index is 10.3. The molecule has 0 saturated carbocycles. The monoisotopic (exact) mass is 204 g/mol. The van der Waals surface area contributed by atoms with E-state index >= 15 is 0 Å². The Morgan fingerprint density at radius 1 is 1.14 bits per heavy atom. The molecule has 14 heavy (non-hydrogen) atoms. The van der Waals surface area contributed by atoms with Gasteiger partial charge in [0.1, 0.15) is 0 Å². The quantitative estimate of drug-likeness (QED) is 0.262. The Morgan fingerprint density at radius 2 is 1.71 bits per heavy atom. The highest BCUT2D eigenvalue weighted by atomic mass is 16.7. The van der Waals surface area contributed by atoms with Gasteiger partial charge in [0.05, 0.1) is 0 Å². The lowest BCUT2D eigenvalue weighted by atomic mass is 10.5. The molecule has 0 aromatic carbocycles. The summed E-state index contributed by atoms with van der Waals surface area (Å²) >= 11 is 0. The predicted molar refractivity (Wildman–Crippen MR) is 54.6 cm³/mol. The molecule has 0 fully saturated rings. The van der Waals surface area contributed by atoms with Gasteiger partial charge in [0, 0.05) is 46.2 Å². The zero-order valence-corrected chi connectivity index (χ0v) is 8.64. The Hall–Kier alpha value is -0.690. The van der Waals surface area contributed by atoms with Gasteiger partial charge in [-0.3, -0.25) is 4.79 Å². The summed E-state index contributed by atoms with van der Waals surface area (Å²) in [4.78, 5) is 14.8. The second-order valence-corrected chi connectivity index (χ2v) is 2.78. The third-order valence-corrected chi connectivity index (χ3v) is 1.42. The maximum atomic E-state index is 10.3. The smallest absolute Gasteiger partial charge is 0.321 e. The van der Waals surface area contributed by atoms with Gasteiger partial charge >= 0.3 is 5.97 Å². The fourth-order valence-corrected chi connectivity index (χ4v) is 0.821. The van der Waals surface area contributed by atoms with E-state index in [9.17, 15) is 4.79 Å². The third kappa shape index (κ3) is 11.3. The largest absolute Gasteiger partial charge is 0.371 e. The van der Waals surface area contributed by atoms with Crippen LogP contribution >= 0.6 is 0 Å². The van der Waals surface area contributed by atoms with Gasteiger partial charge in [0.25, 0.3) is 0 Å². The molecule has 0 unspecified atom stereocenters. The normalized spacial score (nSPS) is 10.1. The number of hydrogen-bond acceptors (Lipinski definition) is 6. The van der Waals surface area contributed by atoms with Crippen LogP contribution in [0.5, 0.6) is 0 Å². The third-order valence-electron chi connectivity index (χ3n) is 1.42. The molecule has 0 atom stereocenters. The molecule has 6 nitrogen and oxygen atoms in total. The van der Waals surface area contributed by atoms with Crippen molar-refractivity contribution in [1.29, 1.82) is 0 Å². The Bertz CT molecular complexity index is 143. The van der Waals surface area contributed by atoms with E-state index in [1.165, 1.54) is 6.92 Å². The van der Waals surface area contributed by atoms with Gasteiger partial charge in [-0.1, -0.05) is 0 Å². The number of carbonyl (C=O) groups is 1. The van der Waals surface area contributed by atoms with E-state index in [1.807, 2.05) is 0 Å². The van der Waals surface area contributed by atoms with E-state index in [-0.39, 0.29) is 5.97 Å². The Kier molecular flexibility index (Phi) is 9.88. The minimum absolute atomic E-state index is 0.324. The first kappa shape index (κ1) is 13.3. The lowest BCUT2D eigenvalue weighted by Gasteiger charge is -2.06. The molecule has 0 spiro atoms. The number of nitrogens with one attached hydrogen (secondary N) is 3. The fraction of sp³-hybridized carbons (Fsp3) is 0.875. The van der Waals surface area contributed by atoms with Crippen LogP contribution in [0.15, 0.2) is 0 Å². The van der Waals surface area contributed by atoms with Crippen molar-refractivity contribution in [3.05, 3.63) is 0 Å². The summed E-state index contributed by atoms with van der Waals surface area (Å²) in [5.41, 5.74) is 7.83. The van der Waals surface area contributed by atoms with Gasteiger partial charge in [0.2, 0.25) is 0 Å². The van der Waals surface area contributed by atoms with Crippen LogP contribution in [0.1, 0.15) is 6.92 Å². The van der Waals surface area contributed by atoms with E-state index in [2.05, 4.69) is 21.0 Å². The van der Waals surface area contributed by atoms with Gasteiger partial charge in [-0.25, -0.2) is 0 Å². The summed E-state index contributed by atoms with van der Waals surface area (Å²) in [5.74, 6) is -0.324. The summed E-state index contributed by atoms with van der Waals surface area (Å²) in [6.45, 7) is 6.00. The van der Waals surface area contributed by atoms with Crippen LogP contribution in [0, 0.1) is 0 Å². The average Bonchev–Trinajstić information content (AvgIpc) is 2.15. The van der Waals surface area contributed by atoms with Crippen LogP contribution < -0.4 is 21.8 Å². The van der Waals surface area contributed by atoms with Crippen LogP contribution in [0.25, 0.3) is 0 Å². The molecule has 0 aliphatic carbocycles. The summed E-state index contributed by atoms with van der Waals surface area (Å²) < 4.78 is 0. The molecule has 0 aliphatic rings. The molecule has 0 aliphatic heterocycles. The van der Waals surface area contributed by atoms with E-state index in [4.69, 9.17) is 5.73 Å². The van der Waals surface area contributed by atoms with Gasteiger partial charge in [-0.05, 0) is 0 Å². The number of hydrogen-bond donors (Lipinski definition) is 4. The lowest BCUT2D eigenvalue weighted by molar-refractivity contribution is -0.148. The van der Waals surface area contributed by atoms with Gasteiger partial charge < -0.3 is 21.2 Å². The van der Waals surface area contributed by atoms with Gasteiger partial charge in [-0.2, -0.15) is 5.48 Å². The van der Waals surface area contributed by atoms with E-state index < -0.39 is 0 Å². The summed E-state index contributed by atoms with van der Waals surface area (Å²) in [7, 11) is 0. The van der Waals surface area contributed by atoms with Crippen molar-refractivity contribution in [1.82, 2.24) is 16.1 Å². The highest BCUT2D eigenvalue weighted by Crippen LogP contribution is 1.67. The molecule has 5 N–H and O–H groups in total. The molecular formula is C8H20N4O2. The van der Waals surface area contributed by atoms with E-state index in [0.29, 0.717) is 13.1 Å². The van der Waals surface area contributed by atoms with E-state index in [1.54, 1.807) is 0 Å². The SMILES string of the molecule is CC(=O)ONCCNCCNCCN. The molecule has 0 aromatic heterocycles. The topological polar surface area (TPSA) is 88.4 Å². The van der Waals surface area contributed by atoms with Crippen LogP contribution in [-0.4, -0.2) is 45.2 Å².